The second-order valence-corrected chi connectivity index (χ2v) is 6.20. The van der Waals surface area contributed by atoms with Crippen molar-refractivity contribution in [2.75, 3.05) is 46.8 Å². The van der Waals surface area contributed by atoms with E-state index in [9.17, 15) is 9.18 Å². The Hall–Kier alpha value is -3.06. The molecule has 0 fully saturated rings. The maximum absolute atomic E-state index is 13.0. The highest BCUT2D eigenvalue weighted by Crippen LogP contribution is 2.40. The number of amides is 1. The Bertz CT molecular complexity index is 820. The molecular weight excluding hydrogens is 363 g/mol. The summed E-state index contributed by atoms with van der Waals surface area (Å²) in [6, 6.07) is 9.08. The van der Waals surface area contributed by atoms with E-state index < -0.39 is 0 Å². The average Bonchev–Trinajstić information content (AvgIpc) is 2.67. The lowest BCUT2D eigenvalue weighted by Gasteiger charge is -2.17. The molecule has 7 heteroatoms. The molecule has 0 bridgehead atoms. The fourth-order valence-electron chi connectivity index (χ4n) is 2.41. The van der Waals surface area contributed by atoms with Crippen LogP contribution in [0.3, 0.4) is 0 Å². The molecule has 2 aromatic rings. The Morgan fingerprint density at radius 1 is 1.07 bits per heavy atom. The number of benzene rings is 2. The molecule has 1 amide bonds. The summed E-state index contributed by atoms with van der Waals surface area (Å²) in [7, 11) is 6.98. The van der Waals surface area contributed by atoms with Gasteiger partial charge in [0.15, 0.2) is 11.5 Å². The van der Waals surface area contributed by atoms with Crippen LogP contribution in [0.15, 0.2) is 42.5 Å². The number of hydrogen-bond acceptors (Lipinski definition) is 5. The number of carbonyl (C=O) groups is 1. The molecule has 150 valence electrons. The first-order chi connectivity index (χ1) is 13.4. The maximum Gasteiger partial charge on any atom is 0.248 e. The molecule has 0 aromatic heterocycles. The lowest BCUT2D eigenvalue weighted by atomic mass is 10.1. The number of nitrogens with one attached hydrogen (secondary N) is 1. The fourth-order valence-corrected chi connectivity index (χ4v) is 2.41. The van der Waals surface area contributed by atoms with Crippen LogP contribution in [0, 0.1) is 5.82 Å². The molecule has 0 saturated carbocycles. The number of anilines is 1. The highest BCUT2D eigenvalue weighted by Gasteiger charge is 2.15. The molecule has 0 heterocycles. The van der Waals surface area contributed by atoms with Gasteiger partial charge in [0.05, 0.1) is 14.2 Å². The van der Waals surface area contributed by atoms with Gasteiger partial charge in [-0.1, -0.05) is 0 Å². The minimum absolute atomic E-state index is 0.347. The van der Waals surface area contributed by atoms with Crippen molar-refractivity contribution in [3.8, 4) is 17.2 Å². The van der Waals surface area contributed by atoms with Crippen LogP contribution < -0.4 is 19.5 Å². The summed E-state index contributed by atoms with van der Waals surface area (Å²) in [5, 5.41) is 2.67. The van der Waals surface area contributed by atoms with E-state index in [-0.39, 0.29) is 11.7 Å². The number of likely N-dealkylation sites (N-methyl/N-ethyl adjacent to an activating group) is 1. The quantitative estimate of drug-likeness (QED) is 0.667. The van der Waals surface area contributed by atoms with Gasteiger partial charge in [-0.25, -0.2) is 4.39 Å². The summed E-state index contributed by atoms with van der Waals surface area (Å²) in [6.07, 6.45) is 3.01. The average molecular weight is 388 g/mol. The molecule has 2 rings (SSSR count). The van der Waals surface area contributed by atoms with Crippen molar-refractivity contribution in [1.82, 2.24) is 4.90 Å². The third-order valence-corrected chi connectivity index (χ3v) is 3.84. The normalized spacial score (nSPS) is 10.9. The van der Waals surface area contributed by atoms with Gasteiger partial charge in [-0.2, -0.15) is 0 Å². The summed E-state index contributed by atoms with van der Waals surface area (Å²) in [4.78, 5) is 14.2. The minimum atomic E-state index is -0.363. The number of halogens is 1. The SMILES string of the molecule is COc1ccc(/C=C/C(=O)Nc2ccc(F)cc2)c(OCCN(C)C)c1OC. The van der Waals surface area contributed by atoms with Gasteiger partial charge >= 0.3 is 0 Å². The van der Waals surface area contributed by atoms with Gasteiger partial charge in [0.2, 0.25) is 11.7 Å². The van der Waals surface area contributed by atoms with E-state index in [0.717, 1.165) is 0 Å². The number of methoxy groups -OCH3 is 2. The van der Waals surface area contributed by atoms with E-state index >= 15 is 0 Å². The van der Waals surface area contributed by atoms with Crippen LogP contribution in [0.4, 0.5) is 10.1 Å². The molecule has 0 radical (unpaired) electrons. The summed E-state index contributed by atoms with van der Waals surface area (Å²) < 4.78 is 29.6. The lowest BCUT2D eigenvalue weighted by molar-refractivity contribution is -0.111. The molecule has 0 spiro atoms. The van der Waals surface area contributed by atoms with Crippen molar-refractivity contribution in [3.05, 3.63) is 53.9 Å². The Kier molecular flexibility index (Phi) is 7.83. The Morgan fingerprint density at radius 3 is 2.39 bits per heavy atom. The van der Waals surface area contributed by atoms with Gasteiger partial charge < -0.3 is 24.4 Å². The van der Waals surface area contributed by atoms with Gasteiger partial charge in [0.1, 0.15) is 12.4 Å². The lowest BCUT2D eigenvalue weighted by Crippen LogP contribution is -2.19. The zero-order chi connectivity index (χ0) is 20.5. The number of ether oxygens (including phenoxy) is 3. The van der Waals surface area contributed by atoms with Crippen LogP contribution in [0.25, 0.3) is 6.08 Å². The monoisotopic (exact) mass is 388 g/mol. The Balaban J connectivity index is 2.20. The summed E-state index contributed by atoms with van der Waals surface area (Å²) in [5.41, 5.74) is 1.18. The largest absolute Gasteiger partial charge is 0.493 e. The van der Waals surface area contributed by atoms with Crippen LogP contribution >= 0.6 is 0 Å². The van der Waals surface area contributed by atoms with Crippen molar-refractivity contribution in [2.24, 2.45) is 0 Å². The van der Waals surface area contributed by atoms with E-state index in [4.69, 9.17) is 14.2 Å². The molecule has 0 aliphatic carbocycles. The van der Waals surface area contributed by atoms with Crippen molar-refractivity contribution in [1.29, 1.82) is 0 Å². The highest BCUT2D eigenvalue weighted by molar-refractivity contribution is 6.02. The standard InChI is InChI=1S/C21H25FN2O4/c1-24(2)13-14-28-20-15(5-11-18(26-3)21(20)27-4)6-12-19(25)23-17-9-7-16(22)8-10-17/h5-12H,13-14H2,1-4H3,(H,23,25)/b12-6+. The van der Waals surface area contributed by atoms with E-state index in [1.54, 1.807) is 25.3 Å². The van der Waals surface area contributed by atoms with Crippen molar-refractivity contribution >= 4 is 17.7 Å². The van der Waals surface area contributed by atoms with Gasteiger partial charge in [0.25, 0.3) is 0 Å². The summed E-state index contributed by atoms with van der Waals surface area (Å²) in [6.45, 7) is 1.16. The van der Waals surface area contributed by atoms with Crippen molar-refractivity contribution in [3.63, 3.8) is 0 Å². The summed E-state index contributed by atoms with van der Waals surface area (Å²) in [5.74, 6) is 0.783. The summed E-state index contributed by atoms with van der Waals surface area (Å²) >= 11 is 0. The smallest absolute Gasteiger partial charge is 0.248 e. The highest BCUT2D eigenvalue weighted by atomic mass is 19.1. The zero-order valence-corrected chi connectivity index (χ0v) is 16.5. The second-order valence-electron chi connectivity index (χ2n) is 6.20. The minimum Gasteiger partial charge on any atom is -0.493 e. The van der Waals surface area contributed by atoms with Crippen LogP contribution in [0.2, 0.25) is 0 Å². The fraction of sp³-hybridized carbons (Fsp3) is 0.286. The van der Waals surface area contributed by atoms with Crippen LogP contribution in [-0.4, -0.2) is 52.3 Å². The first-order valence-electron chi connectivity index (χ1n) is 8.71. The second kappa shape index (κ2) is 10.3. The van der Waals surface area contributed by atoms with Crippen LogP contribution in [0.1, 0.15) is 5.56 Å². The van der Waals surface area contributed by atoms with E-state index in [0.29, 0.717) is 41.7 Å². The molecule has 28 heavy (non-hydrogen) atoms. The Morgan fingerprint density at radius 2 is 1.79 bits per heavy atom. The maximum atomic E-state index is 13.0. The predicted octanol–water partition coefficient (Wildman–Crippen LogP) is 3.44. The van der Waals surface area contributed by atoms with Gasteiger partial charge in [-0.05, 0) is 56.6 Å². The van der Waals surface area contributed by atoms with Gasteiger partial charge in [-0.15, -0.1) is 0 Å². The number of hydrogen-bond donors (Lipinski definition) is 1. The van der Waals surface area contributed by atoms with Crippen molar-refractivity contribution in [2.45, 2.75) is 0 Å². The molecule has 0 aliphatic heterocycles. The molecule has 0 unspecified atom stereocenters. The molecule has 2 aromatic carbocycles. The third kappa shape index (κ3) is 5.99. The topological polar surface area (TPSA) is 60.0 Å². The van der Waals surface area contributed by atoms with E-state index in [1.807, 2.05) is 19.0 Å². The predicted molar refractivity (Wildman–Crippen MR) is 108 cm³/mol. The van der Waals surface area contributed by atoms with Crippen LogP contribution in [-0.2, 0) is 4.79 Å². The molecule has 0 saturated heterocycles. The number of rotatable bonds is 9. The molecule has 0 atom stereocenters. The zero-order valence-electron chi connectivity index (χ0n) is 16.5. The van der Waals surface area contributed by atoms with Crippen molar-refractivity contribution < 1.29 is 23.4 Å². The molecule has 1 N–H and O–H groups in total. The van der Waals surface area contributed by atoms with Gasteiger partial charge in [-0.3, -0.25) is 4.79 Å². The molecule has 0 aliphatic rings. The van der Waals surface area contributed by atoms with E-state index in [2.05, 4.69) is 5.32 Å². The van der Waals surface area contributed by atoms with Crippen LogP contribution in [0.5, 0.6) is 17.2 Å². The van der Waals surface area contributed by atoms with Gasteiger partial charge in [0, 0.05) is 23.9 Å². The van der Waals surface area contributed by atoms with E-state index in [1.165, 1.54) is 37.5 Å². The third-order valence-electron chi connectivity index (χ3n) is 3.84. The first-order valence-corrected chi connectivity index (χ1v) is 8.71. The molecular formula is C21H25FN2O4. The molecule has 6 nitrogen and oxygen atoms in total. The number of nitrogens with zero attached hydrogens (tertiary/aromatic N) is 1. The number of carbonyl (C=O) groups excluding carboxylic acids is 1. The Labute approximate surface area is 164 Å². The first kappa shape index (κ1) is 21.2.